The first-order valence-electron chi connectivity index (χ1n) is 8.63. The van der Waals surface area contributed by atoms with Crippen molar-refractivity contribution in [2.75, 3.05) is 10.6 Å². The summed E-state index contributed by atoms with van der Waals surface area (Å²) in [6.45, 7) is 1.79. The number of anilines is 4. The topological polar surface area (TPSA) is 111 Å². The third-order valence-electron chi connectivity index (χ3n) is 4.40. The van der Waals surface area contributed by atoms with Crippen LogP contribution in [0.3, 0.4) is 0 Å². The molecule has 0 fully saturated rings. The summed E-state index contributed by atoms with van der Waals surface area (Å²) in [5.41, 5.74) is 2.99. The van der Waals surface area contributed by atoms with Crippen LogP contribution >= 0.6 is 0 Å². The molecule has 1 heterocycles. The SMILES string of the molecule is Cc1c(O)cccc1Nc1nc2ccccc2nc1Nc1cccc(O)c1O. The average molecular weight is 374 g/mol. The van der Waals surface area contributed by atoms with Crippen LogP contribution in [-0.2, 0) is 0 Å². The summed E-state index contributed by atoms with van der Waals surface area (Å²) in [5.74, 6) is 0.422. The lowest BCUT2D eigenvalue weighted by atomic mass is 10.2. The van der Waals surface area contributed by atoms with Crippen LogP contribution in [0.4, 0.5) is 23.0 Å². The molecular formula is C21H18N4O3. The maximum Gasteiger partial charge on any atom is 0.181 e. The number of nitrogens with zero attached hydrogens (tertiary/aromatic N) is 2. The monoisotopic (exact) mass is 374 g/mol. The van der Waals surface area contributed by atoms with Gasteiger partial charge in [-0.15, -0.1) is 0 Å². The van der Waals surface area contributed by atoms with Gasteiger partial charge in [-0.3, -0.25) is 0 Å². The van der Waals surface area contributed by atoms with Gasteiger partial charge in [-0.2, -0.15) is 0 Å². The van der Waals surface area contributed by atoms with Crippen molar-refractivity contribution in [2.24, 2.45) is 0 Å². The van der Waals surface area contributed by atoms with E-state index in [4.69, 9.17) is 0 Å². The molecule has 0 saturated carbocycles. The molecule has 0 aliphatic rings. The number of hydrogen-bond donors (Lipinski definition) is 5. The van der Waals surface area contributed by atoms with Crippen molar-refractivity contribution >= 4 is 34.0 Å². The van der Waals surface area contributed by atoms with Crippen molar-refractivity contribution in [3.05, 3.63) is 66.2 Å². The Morgan fingerprint density at radius 1 is 0.643 bits per heavy atom. The minimum absolute atomic E-state index is 0.166. The number of aromatic nitrogens is 2. The van der Waals surface area contributed by atoms with E-state index >= 15 is 0 Å². The molecule has 4 aromatic rings. The van der Waals surface area contributed by atoms with Gasteiger partial charge in [0.2, 0.25) is 0 Å². The van der Waals surface area contributed by atoms with Crippen LogP contribution in [0.25, 0.3) is 11.0 Å². The minimum Gasteiger partial charge on any atom is -0.508 e. The van der Waals surface area contributed by atoms with Gasteiger partial charge in [0.05, 0.1) is 16.7 Å². The van der Waals surface area contributed by atoms with E-state index in [1.165, 1.54) is 6.07 Å². The van der Waals surface area contributed by atoms with Crippen LogP contribution in [0, 0.1) is 6.92 Å². The van der Waals surface area contributed by atoms with E-state index in [0.29, 0.717) is 39.6 Å². The molecule has 0 aliphatic heterocycles. The van der Waals surface area contributed by atoms with E-state index in [-0.39, 0.29) is 17.2 Å². The van der Waals surface area contributed by atoms with Crippen LogP contribution in [0.15, 0.2) is 60.7 Å². The Kier molecular flexibility index (Phi) is 4.33. The number of benzene rings is 3. The van der Waals surface area contributed by atoms with E-state index in [2.05, 4.69) is 20.6 Å². The molecule has 3 aromatic carbocycles. The fraction of sp³-hybridized carbons (Fsp3) is 0.0476. The van der Waals surface area contributed by atoms with Crippen molar-refractivity contribution < 1.29 is 15.3 Å². The molecule has 7 nitrogen and oxygen atoms in total. The van der Waals surface area contributed by atoms with E-state index in [1.54, 1.807) is 31.2 Å². The lowest BCUT2D eigenvalue weighted by Crippen LogP contribution is -2.04. The highest BCUT2D eigenvalue weighted by Gasteiger charge is 2.14. The summed E-state index contributed by atoms with van der Waals surface area (Å²) in [4.78, 5) is 9.23. The molecule has 4 rings (SSSR count). The number of hydrogen-bond acceptors (Lipinski definition) is 7. The molecule has 0 radical (unpaired) electrons. The molecule has 0 aliphatic carbocycles. The predicted octanol–water partition coefficient (Wildman–Crippen LogP) is 4.54. The average Bonchev–Trinajstić information content (AvgIpc) is 2.69. The number of phenolic OH excluding ortho intramolecular Hbond substituents is 3. The summed E-state index contributed by atoms with van der Waals surface area (Å²) in [6, 6.07) is 17.2. The zero-order valence-electron chi connectivity index (χ0n) is 15.0. The highest BCUT2D eigenvalue weighted by molar-refractivity contribution is 5.84. The quantitative estimate of drug-likeness (QED) is 0.333. The number of para-hydroxylation sites is 3. The van der Waals surface area contributed by atoms with Crippen molar-refractivity contribution in [1.82, 2.24) is 9.97 Å². The van der Waals surface area contributed by atoms with E-state index in [1.807, 2.05) is 30.3 Å². The van der Waals surface area contributed by atoms with Gasteiger partial charge in [-0.1, -0.05) is 24.3 Å². The lowest BCUT2D eigenvalue weighted by molar-refractivity contribution is 0.405. The summed E-state index contributed by atoms with van der Waals surface area (Å²) >= 11 is 0. The highest BCUT2D eigenvalue weighted by atomic mass is 16.3. The maximum atomic E-state index is 10.1. The number of aromatic hydroxyl groups is 3. The molecule has 0 amide bonds. The normalized spacial score (nSPS) is 10.8. The highest BCUT2D eigenvalue weighted by Crippen LogP contribution is 2.37. The molecule has 7 heteroatoms. The summed E-state index contributed by atoms with van der Waals surface area (Å²) in [7, 11) is 0. The Bertz CT molecular complexity index is 1090. The van der Waals surface area contributed by atoms with Crippen molar-refractivity contribution in [2.45, 2.75) is 6.92 Å². The van der Waals surface area contributed by atoms with Crippen molar-refractivity contribution in [3.8, 4) is 17.2 Å². The maximum absolute atomic E-state index is 10.1. The fourth-order valence-corrected chi connectivity index (χ4v) is 2.82. The Hall–Kier alpha value is -4.00. The number of fused-ring (bicyclic) bond motifs is 1. The third-order valence-corrected chi connectivity index (χ3v) is 4.40. The Balaban J connectivity index is 1.82. The summed E-state index contributed by atoms with van der Waals surface area (Å²) in [5, 5.41) is 36.0. The zero-order chi connectivity index (χ0) is 19.7. The Morgan fingerprint density at radius 2 is 1.18 bits per heavy atom. The smallest absolute Gasteiger partial charge is 0.181 e. The van der Waals surface area contributed by atoms with Crippen LogP contribution in [0.2, 0.25) is 0 Å². The van der Waals surface area contributed by atoms with Gasteiger partial charge in [0.1, 0.15) is 5.75 Å². The van der Waals surface area contributed by atoms with Gasteiger partial charge >= 0.3 is 0 Å². The molecule has 0 bridgehead atoms. The van der Waals surface area contributed by atoms with Crippen LogP contribution in [-0.4, -0.2) is 25.3 Å². The molecule has 0 saturated heterocycles. The van der Waals surface area contributed by atoms with Crippen molar-refractivity contribution in [1.29, 1.82) is 0 Å². The van der Waals surface area contributed by atoms with Gasteiger partial charge in [0, 0.05) is 11.3 Å². The third kappa shape index (κ3) is 3.21. The van der Waals surface area contributed by atoms with Crippen molar-refractivity contribution in [3.63, 3.8) is 0 Å². The molecular weight excluding hydrogens is 356 g/mol. The second kappa shape index (κ2) is 6.96. The first kappa shape index (κ1) is 17.4. The largest absolute Gasteiger partial charge is 0.508 e. The first-order valence-corrected chi connectivity index (χ1v) is 8.63. The molecule has 5 N–H and O–H groups in total. The molecule has 140 valence electrons. The standard InChI is InChI=1S/C21H18N4O3/c1-12-13(8-4-10-17(12)26)22-20-21(24-15-7-3-2-6-14(15)23-20)25-16-9-5-11-18(27)19(16)28/h2-11,26-28H,1H3,(H,22,23)(H,24,25). The molecule has 1 aromatic heterocycles. The molecule has 28 heavy (non-hydrogen) atoms. The Labute approximate surface area is 161 Å². The van der Waals surface area contributed by atoms with Gasteiger partial charge in [0.15, 0.2) is 23.1 Å². The van der Waals surface area contributed by atoms with E-state index in [0.717, 1.165) is 0 Å². The second-order valence-corrected chi connectivity index (χ2v) is 6.28. The number of rotatable bonds is 4. The van der Waals surface area contributed by atoms with Gasteiger partial charge in [0.25, 0.3) is 0 Å². The molecule has 0 spiro atoms. The first-order chi connectivity index (χ1) is 13.5. The van der Waals surface area contributed by atoms with E-state index in [9.17, 15) is 15.3 Å². The fourth-order valence-electron chi connectivity index (χ4n) is 2.82. The lowest BCUT2D eigenvalue weighted by Gasteiger charge is -2.16. The molecule has 0 atom stereocenters. The van der Waals surface area contributed by atoms with Crippen LogP contribution in [0.5, 0.6) is 17.2 Å². The van der Waals surface area contributed by atoms with Gasteiger partial charge in [-0.05, 0) is 43.3 Å². The van der Waals surface area contributed by atoms with Crippen LogP contribution < -0.4 is 10.6 Å². The van der Waals surface area contributed by atoms with E-state index < -0.39 is 0 Å². The predicted molar refractivity (Wildman–Crippen MR) is 109 cm³/mol. The van der Waals surface area contributed by atoms with Crippen LogP contribution in [0.1, 0.15) is 5.56 Å². The summed E-state index contributed by atoms with van der Waals surface area (Å²) < 4.78 is 0. The second-order valence-electron chi connectivity index (χ2n) is 6.28. The molecule has 0 unspecified atom stereocenters. The number of nitrogens with one attached hydrogen (secondary N) is 2. The minimum atomic E-state index is -0.281. The van der Waals surface area contributed by atoms with Gasteiger partial charge in [-0.25, -0.2) is 9.97 Å². The summed E-state index contributed by atoms with van der Waals surface area (Å²) in [6.07, 6.45) is 0. The Morgan fingerprint density at radius 3 is 1.82 bits per heavy atom. The zero-order valence-corrected chi connectivity index (χ0v) is 15.0. The van der Waals surface area contributed by atoms with Gasteiger partial charge < -0.3 is 26.0 Å². The number of phenols is 3.